The van der Waals surface area contributed by atoms with Crippen molar-refractivity contribution in [2.75, 3.05) is 39.0 Å². The third-order valence-electron chi connectivity index (χ3n) is 20.0. The summed E-state index contributed by atoms with van der Waals surface area (Å²) in [6.45, 7) is 6.27. The minimum Gasteiger partial charge on any atom is -0.497 e. The molecule has 6 amide bonds. The van der Waals surface area contributed by atoms with E-state index in [1.54, 1.807) is 301 Å². The van der Waals surface area contributed by atoms with Gasteiger partial charge in [-0.2, -0.15) is 0 Å². The van der Waals surface area contributed by atoms with E-state index in [1.165, 1.54) is 60.8 Å². The maximum Gasteiger partial charge on any atom is 0.270 e. The largest absolute Gasteiger partial charge is 0.497 e. The zero-order valence-electron chi connectivity index (χ0n) is 78.5. The third-order valence-corrected chi connectivity index (χ3v) is 20.0. The van der Waals surface area contributed by atoms with Crippen LogP contribution in [-0.4, -0.2) is 72.5 Å². The number of rotatable bonds is 26. The van der Waals surface area contributed by atoms with Crippen LogP contribution in [0, 0.1) is 44.7 Å². The van der Waals surface area contributed by atoms with Crippen LogP contribution in [0.1, 0.15) is 104 Å². The van der Waals surface area contributed by atoms with Gasteiger partial charge in [0.1, 0.15) is 86.4 Å². The Morgan fingerprint density at radius 1 is 0.281 bits per heavy atom. The van der Waals surface area contributed by atoms with Gasteiger partial charge in [0.05, 0.1) is 44.3 Å². The number of aryl methyl sites for hydroxylation is 3. The Bertz CT molecular complexity index is 7470. The molecule has 0 aliphatic heterocycles. The van der Waals surface area contributed by atoms with Crippen molar-refractivity contribution in [1.29, 1.82) is 0 Å². The number of pyridine rings is 6. The van der Waals surface area contributed by atoms with Crippen molar-refractivity contribution < 1.29 is 79.5 Å². The lowest BCUT2D eigenvalue weighted by Crippen LogP contribution is -2.14. The quantitative estimate of drug-likeness (QED) is 0.0217. The van der Waals surface area contributed by atoms with Crippen molar-refractivity contribution in [2.24, 2.45) is 0 Å². The molecule has 18 rings (SSSR count). The average Bonchev–Trinajstić information content (AvgIpc) is 0.838. The summed E-state index contributed by atoms with van der Waals surface area (Å²) in [5.74, 6) is 4.43. The van der Waals surface area contributed by atoms with Crippen molar-refractivity contribution >= 4 is 69.6 Å². The van der Waals surface area contributed by atoms with Gasteiger partial charge in [-0.05, 0) is 257 Å². The fourth-order valence-corrected chi connectivity index (χ4v) is 13.2. The van der Waals surface area contributed by atoms with Gasteiger partial charge in [-0.1, -0.05) is 103 Å². The van der Waals surface area contributed by atoms with Crippen LogP contribution in [0.15, 0.2) is 426 Å². The summed E-state index contributed by atoms with van der Waals surface area (Å²) >= 11 is 0. The molecule has 0 radical (unpaired) electrons. The molecule has 0 unspecified atom stereocenters. The number of benzene rings is 12. The first kappa shape index (κ1) is 105. The number of amides is 6. The van der Waals surface area contributed by atoms with E-state index in [4.69, 9.17) is 39.6 Å². The maximum atomic E-state index is 13.8. The van der Waals surface area contributed by atoms with Gasteiger partial charge in [0, 0.05) is 165 Å². The number of hydrogen-bond donors (Lipinski definition) is 6. The Hall–Kier alpha value is -19.8. The third kappa shape index (κ3) is 34.1. The normalized spacial score (nSPS) is 10.2. The van der Waals surface area contributed by atoms with Gasteiger partial charge in [-0.25, -0.2) is 17.6 Å². The number of nitrogens with one attached hydrogen (secondary N) is 6. The molecule has 12 aromatic carbocycles. The minimum absolute atomic E-state index is 0. The van der Waals surface area contributed by atoms with E-state index < -0.39 is 17.6 Å². The van der Waals surface area contributed by atoms with Crippen LogP contribution < -0.4 is 65.1 Å². The number of terminal acetylenes is 1. The summed E-state index contributed by atoms with van der Waals surface area (Å²) in [6.07, 6.45) is 24.9. The summed E-state index contributed by atoms with van der Waals surface area (Å²) in [5.41, 5.74) is 8.97. The Morgan fingerprint density at radius 2 is 0.555 bits per heavy atom. The molecule has 730 valence electrons. The van der Waals surface area contributed by atoms with E-state index in [9.17, 15) is 46.3 Å². The summed E-state index contributed by atoms with van der Waals surface area (Å²) in [4.78, 5) is 97.7. The molecule has 6 N–H and O–H groups in total. The van der Waals surface area contributed by atoms with E-state index in [-0.39, 0.29) is 59.7 Å². The van der Waals surface area contributed by atoms with Crippen LogP contribution in [0.25, 0.3) is 0 Å². The molecule has 0 aliphatic rings. The highest BCUT2D eigenvalue weighted by atomic mass is 19.3. The number of alkyl halides is 2. The molecular formula is C117H96F4N12O13. The number of methoxy groups -OCH3 is 1. The van der Waals surface area contributed by atoms with Gasteiger partial charge in [0.25, 0.3) is 41.4 Å². The lowest BCUT2D eigenvalue weighted by molar-refractivity contribution is 0.0174. The Kier molecular flexibility index (Phi) is 38.5. The first-order chi connectivity index (χ1) is 70.3. The topological polar surface area (TPSA) is 317 Å². The van der Waals surface area contributed by atoms with Crippen molar-refractivity contribution in [3.63, 3.8) is 0 Å². The molecule has 0 spiro atoms. The molecular weight excluding hydrogens is 1860 g/mol. The van der Waals surface area contributed by atoms with Crippen molar-refractivity contribution in [3.8, 4) is 87.1 Å². The number of carbonyl (C=O) groups is 6. The zero-order valence-corrected chi connectivity index (χ0v) is 78.5. The van der Waals surface area contributed by atoms with Crippen LogP contribution in [0.3, 0.4) is 0 Å². The zero-order chi connectivity index (χ0) is 102. The van der Waals surface area contributed by atoms with Crippen LogP contribution in [-0.2, 0) is 5.92 Å². The summed E-state index contributed by atoms with van der Waals surface area (Å²) in [6, 6.07) is 99.0. The highest BCUT2D eigenvalue weighted by molar-refractivity contribution is 6.08. The number of nitrogens with zero attached hydrogens (tertiary/aromatic N) is 6. The number of carbonyl (C=O) groups excluding carboxylic acids is 6. The Labute approximate surface area is 840 Å². The number of hydrogen-bond acceptors (Lipinski definition) is 19. The smallest absolute Gasteiger partial charge is 0.270 e. The van der Waals surface area contributed by atoms with Gasteiger partial charge >= 0.3 is 0 Å². The Balaban J connectivity index is 0.000000156. The standard InChI is InChI=1S/C20H16F2N2O2.C20H14N2O2.2C19H15FN2O2.C19H16N2O3.C19H16N2O2.CH4/c1-20(21,22)15-6-2-5-14(11-15)19(25)24-16-7-3-8-17(12-16)26-18-9-4-10-23-13-18;1-2-15-6-3-7-16(12-15)20(23)22-17-8-4-9-18(13-17)24-19-10-5-11-21-14-19;1-13-10-14(7-8-18(13)20)19(23)22-15-4-2-5-16(11-15)24-17-6-3-9-21-12-17;1-13-4-2-5-14(8-13)19(23)22-16-9-15(20)10-18(11-16)24-17-6-3-7-21-12-17;1-23-16-7-2-5-14(11-16)19(22)21-15-6-3-8-17(12-15)24-18-9-4-10-20-13-18;1-14-5-2-6-15(11-14)19(22)21-16-7-3-8-17(12-16)23-18-9-4-10-20-13-18;/h2-13H,1H3,(H,24,25);1,3-14H,(H,22,23);2*2-12H,1H3,(H,22,23);2-13H,1H3,(H,21,22);2-13H,1H3,(H,21,22);1H4. The van der Waals surface area contributed by atoms with E-state index in [0.717, 1.165) is 18.1 Å². The molecule has 0 bridgehead atoms. The first-order valence-electron chi connectivity index (χ1n) is 44.6. The van der Waals surface area contributed by atoms with Gasteiger partial charge in [-0.15, -0.1) is 6.42 Å². The van der Waals surface area contributed by atoms with E-state index in [1.807, 2.05) is 92.7 Å². The fourth-order valence-electron chi connectivity index (χ4n) is 13.2. The molecule has 0 saturated carbocycles. The second kappa shape index (κ2) is 53.4. The van der Waals surface area contributed by atoms with Gasteiger partial charge in [0.15, 0.2) is 0 Å². The van der Waals surface area contributed by atoms with Crippen LogP contribution >= 0.6 is 0 Å². The maximum absolute atomic E-state index is 13.8. The molecule has 146 heavy (non-hydrogen) atoms. The average molecular weight is 1950 g/mol. The van der Waals surface area contributed by atoms with Crippen LogP contribution in [0.4, 0.5) is 51.7 Å². The fraction of sp³-hybridized carbons (Fsp3) is 0.0598. The number of anilines is 6. The molecule has 6 heterocycles. The van der Waals surface area contributed by atoms with E-state index in [2.05, 4.69) is 67.7 Å². The number of ether oxygens (including phenoxy) is 7. The molecule has 29 heteroatoms. The SMILES string of the molecule is C.C#Cc1cccc(C(=O)Nc2cccc(Oc3cccnc3)c2)c1.CC(F)(F)c1cccc(C(=O)Nc2cccc(Oc3cccnc3)c2)c1.COc1cccc(C(=O)Nc2cccc(Oc3cccnc3)c2)c1.Cc1cc(C(=O)Nc2cccc(Oc3cccnc3)c2)ccc1F.Cc1cccc(C(=O)Nc2cc(F)cc(Oc3cccnc3)c2)c1.Cc1cccc(C(=O)Nc2cccc(Oc3cccnc3)c2)c1. The highest BCUT2D eigenvalue weighted by Crippen LogP contribution is 2.34. The highest BCUT2D eigenvalue weighted by Gasteiger charge is 2.26. The molecule has 0 atom stereocenters. The van der Waals surface area contributed by atoms with E-state index in [0.29, 0.717) is 142 Å². The number of halogens is 4. The first-order valence-corrected chi connectivity index (χ1v) is 44.6. The predicted molar refractivity (Wildman–Crippen MR) is 556 cm³/mol. The molecule has 25 nitrogen and oxygen atoms in total. The molecule has 0 saturated heterocycles. The minimum atomic E-state index is -3.01. The summed E-state index contributed by atoms with van der Waals surface area (Å²) < 4.78 is 93.1. The second-order valence-corrected chi connectivity index (χ2v) is 31.4. The molecule has 18 aromatic rings. The van der Waals surface area contributed by atoms with Gasteiger partial charge in [-0.3, -0.25) is 58.7 Å². The molecule has 6 aromatic heterocycles. The molecule has 0 aliphatic carbocycles. The summed E-state index contributed by atoms with van der Waals surface area (Å²) in [5, 5.41) is 16.7. The number of aromatic nitrogens is 6. The summed E-state index contributed by atoms with van der Waals surface area (Å²) in [7, 11) is 1.57. The van der Waals surface area contributed by atoms with Gasteiger partial charge in [0.2, 0.25) is 0 Å². The van der Waals surface area contributed by atoms with Crippen LogP contribution in [0.2, 0.25) is 0 Å². The lowest BCUT2D eigenvalue weighted by Gasteiger charge is -2.12. The monoisotopic (exact) mass is 1950 g/mol. The van der Waals surface area contributed by atoms with Gasteiger partial charge < -0.3 is 65.1 Å². The van der Waals surface area contributed by atoms with Crippen molar-refractivity contribution in [2.45, 2.75) is 41.0 Å². The lowest BCUT2D eigenvalue weighted by atomic mass is 10.1. The Morgan fingerprint density at radius 3 is 0.870 bits per heavy atom. The van der Waals surface area contributed by atoms with Crippen molar-refractivity contribution in [3.05, 3.63) is 499 Å². The molecule has 0 fully saturated rings. The second-order valence-electron chi connectivity index (χ2n) is 31.4. The van der Waals surface area contributed by atoms with E-state index >= 15 is 0 Å². The van der Waals surface area contributed by atoms with Crippen molar-refractivity contribution in [1.82, 2.24) is 29.9 Å². The predicted octanol–water partition coefficient (Wildman–Crippen LogP) is 27.7. The van der Waals surface area contributed by atoms with Crippen LogP contribution in [0.5, 0.6) is 74.7 Å².